The molecule has 2 rings (SSSR count). The molecular formula is C15H27NO2. The van der Waals surface area contributed by atoms with Gasteiger partial charge in [-0.1, -0.05) is 13.3 Å². The van der Waals surface area contributed by atoms with Crippen LogP contribution >= 0.6 is 0 Å². The Kier molecular flexibility index (Phi) is 5.93. The Bertz CT molecular complexity index is 219. The molecule has 0 spiro atoms. The highest BCUT2D eigenvalue weighted by Gasteiger charge is 2.25. The lowest BCUT2D eigenvalue weighted by Crippen LogP contribution is -2.29. The van der Waals surface area contributed by atoms with Gasteiger partial charge in [0.05, 0.1) is 6.54 Å². The van der Waals surface area contributed by atoms with E-state index in [4.69, 9.17) is 9.47 Å². The molecule has 0 aromatic rings. The Morgan fingerprint density at radius 3 is 3.17 bits per heavy atom. The van der Waals surface area contributed by atoms with E-state index in [0.717, 1.165) is 39.0 Å². The SMILES string of the molecule is CC1(CCCOC2CCCCO2)CCC[C]NC1. The summed E-state index contributed by atoms with van der Waals surface area (Å²) in [4.78, 5) is 0. The lowest BCUT2D eigenvalue weighted by atomic mass is 9.81. The summed E-state index contributed by atoms with van der Waals surface area (Å²) >= 11 is 0. The van der Waals surface area contributed by atoms with Crippen molar-refractivity contribution in [2.45, 2.75) is 64.6 Å². The van der Waals surface area contributed by atoms with Crippen LogP contribution in [0.4, 0.5) is 0 Å². The van der Waals surface area contributed by atoms with Crippen molar-refractivity contribution in [3.8, 4) is 0 Å². The van der Waals surface area contributed by atoms with E-state index < -0.39 is 0 Å². The second-order valence-electron chi connectivity index (χ2n) is 5.97. The molecule has 0 bridgehead atoms. The van der Waals surface area contributed by atoms with Gasteiger partial charge in [-0.05, 0) is 50.4 Å². The standard InChI is InChI=1S/C15H27NO2/c1-15(8-3-4-10-16-13-15)9-6-12-18-14-7-2-5-11-17-14/h14,16H,2-9,11-13H2,1H3. The first-order valence-corrected chi connectivity index (χ1v) is 7.47. The van der Waals surface area contributed by atoms with Crippen LogP contribution in [-0.2, 0) is 9.47 Å². The van der Waals surface area contributed by atoms with Crippen molar-refractivity contribution >= 4 is 0 Å². The van der Waals surface area contributed by atoms with Crippen molar-refractivity contribution in [1.29, 1.82) is 0 Å². The molecule has 2 fully saturated rings. The zero-order valence-corrected chi connectivity index (χ0v) is 11.7. The molecule has 3 nitrogen and oxygen atoms in total. The first-order valence-electron chi connectivity index (χ1n) is 7.47. The Balaban J connectivity index is 1.58. The van der Waals surface area contributed by atoms with E-state index in [1.807, 2.05) is 0 Å². The van der Waals surface area contributed by atoms with Crippen LogP contribution in [0, 0.1) is 12.0 Å². The molecule has 0 aliphatic carbocycles. The lowest BCUT2D eigenvalue weighted by molar-refractivity contribution is -0.163. The van der Waals surface area contributed by atoms with E-state index in [1.165, 1.54) is 32.1 Å². The Hall–Kier alpha value is -0.120. The minimum atomic E-state index is 0.0699. The Morgan fingerprint density at radius 1 is 1.39 bits per heavy atom. The number of hydrogen-bond acceptors (Lipinski definition) is 3. The van der Waals surface area contributed by atoms with Crippen LogP contribution in [0.2, 0.25) is 0 Å². The van der Waals surface area contributed by atoms with Crippen molar-refractivity contribution in [3.05, 3.63) is 6.54 Å². The van der Waals surface area contributed by atoms with E-state index in [-0.39, 0.29) is 6.29 Å². The molecule has 0 aromatic carbocycles. The van der Waals surface area contributed by atoms with Gasteiger partial charge in [0.25, 0.3) is 0 Å². The predicted octanol–water partition coefficient (Wildman–Crippen LogP) is 3.13. The maximum atomic E-state index is 5.79. The molecule has 2 aliphatic rings. The van der Waals surface area contributed by atoms with Gasteiger partial charge in [0.1, 0.15) is 0 Å². The summed E-state index contributed by atoms with van der Waals surface area (Å²) in [5.74, 6) is 0. The molecule has 18 heavy (non-hydrogen) atoms. The van der Waals surface area contributed by atoms with Gasteiger partial charge in [0.15, 0.2) is 6.29 Å². The van der Waals surface area contributed by atoms with Crippen molar-refractivity contribution < 1.29 is 9.47 Å². The largest absolute Gasteiger partial charge is 0.353 e. The Labute approximate surface area is 112 Å². The fourth-order valence-corrected chi connectivity index (χ4v) is 2.83. The third kappa shape index (κ3) is 4.87. The second-order valence-corrected chi connectivity index (χ2v) is 5.97. The van der Waals surface area contributed by atoms with Crippen molar-refractivity contribution in [2.75, 3.05) is 19.8 Å². The van der Waals surface area contributed by atoms with E-state index in [1.54, 1.807) is 0 Å². The molecule has 2 aliphatic heterocycles. The highest BCUT2D eigenvalue weighted by molar-refractivity contribution is 4.83. The van der Waals surface area contributed by atoms with Gasteiger partial charge in [-0.25, -0.2) is 0 Å². The maximum Gasteiger partial charge on any atom is 0.157 e. The minimum absolute atomic E-state index is 0.0699. The molecule has 2 saturated heterocycles. The predicted molar refractivity (Wildman–Crippen MR) is 72.0 cm³/mol. The summed E-state index contributed by atoms with van der Waals surface area (Å²) in [5, 5.41) is 3.31. The number of ether oxygens (including phenoxy) is 2. The zero-order valence-electron chi connectivity index (χ0n) is 11.7. The summed E-state index contributed by atoms with van der Waals surface area (Å²) in [6.45, 7) is 8.40. The van der Waals surface area contributed by atoms with Gasteiger partial charge in [0.2, 0.25) is 0 Å². The molecule has 104 valence electrons. The van der Waals surface area contributed by atoms with Gasteiger partial charge in [0, 0.05) is 19.8 Å². The minimum Gasteiger partial charge on any atom is -0.353 e. The molecule has 3 heteroatoms. The third-order valence-electron chi connectivity index (χ3n) is 4.09. The maximum absolute atomic E-state index is 5.79. The fourth-order valence-electron chi connectivity index (χ4n) is 2.83. The quantitative estimate of drug-likeness (QED) is 0.764. The van der Waals surface area contributed by atoms with Crippen LogP contribution in [0.25, 0.3) is 0 Å². The smallest absolute Gasteiger partial charge is 0.157 e. The Morgan fingerprint density at radius 2 is 2.33 bits per heavy atom. The molecule has 1 N–H and O–H groups in total. The number of hydrogen-bond donors (Lipinski definition) is 1. The molecule has 2 unspecified atom stereocenters. The zero-order chi connectivity index (χ0) is 12.7. The topological polar surface area (TPSA) is 30.5 Å². The van der Waals surface area contributed by atoms with Crippen molar-refractivity contribution in [1.82, 2.24) is 5.32 Å². The molecule has 2 heterocycles. The van der Waals surface area contributed by atoms with Crippen LogP contribution in [0.15, 0.2) is 0 Å². The van der Waals surface area contributed by atoms with Gasteiger partial charge in [-0.15, -0.1) is 0 Å². The highest BCUT2D eigenvalue weighted by Crippen LogP contribution is 2.31. The highest BCUT2D eigenvalue weighted by atomic mass is 16.7. The van der Waals surface area contributed by atoms with Crippen LogP contribution in [0.5, 0.6) is 0 Å². The van der Waals surface area contributed by atoms with Crippen LogP contribution in [0.1, 0.15) is 58.3 Å². The summed E-state index contributed by atoms with van der Waals surface area (Å²) in [7, 11) is 0. The fraction of sp³-hybridized carbons (Fsp3) is 0.933. The summed E-state index contributed by atoms with van der Waals surface area (Å²) in [6.07, 6.45) is 9.59. The van der Waals surface area contributed by atoms with Crippen LogP contribution in [0.3, 0.4) is 0 Å². The van der Waals surface area contributed by atoms with E-state index >= 15 is 0 Å². The normalized spacial score (nSPS) is 34.2. The molecule has 2 atom stereocenters. The number of nitrogens with one attached hydrogen (secondary N) is 1. The third-order valence-corrected chi connectivity index (χ3v) is 4.09. The lowest BCUT2D eigenvalue weighted by Gasteiger charge is -2.28. The average molecular weight is 253 g/mol. The number of rotatable bonds is 5. The molecule has 0 aromatic heterocycles. The summed E-state index contributed by atoms with van der Waals surface area (Å²) in [6, 6.07) is 0. The molecule has 0 amide bonds. The van der Waals surface area contributed by atoms with Crippen molar-refractivity contribution in [2.24, 2.45) is 5.41 Å². The molecular weight excluding hydrogens is 226 g/mol. The van der Waals surface area contributed by atoms with Gasteiger partial charge in [-0.2, -0.15) is 0 Å². The first kappa shape index (κ1) is 14.3. The van der Waals surface area contributed by atoms with Crippen LogP contribution < -0.4 is 5.32 Å². The van der Waals surface area contributed by atoms with E-state index in [0.29, 0.717) is 5.41 Å². The average Bonchev–Trinajstić information content (AvgIpc) is 2.61. The second kappa shape index (κ2) is 7.46. The monoisotopic (exact) mass is 253 g/mol. The first-order chi connectivity index (χ1) is 8.79. The summed E-state index contributed by atoms with van der Waals surface area (Å²) in [5.41, 5.74) is 0.417. The molecule has 2 radical (unpaired) electrons. The van der Waals surface area contributed by atoms with Gasteiger partial charge in [-0.3, -0.25) is 0 Å². The van der Waals surface area contributed by atoms with E-state index in [2.05, 4.69) is 18.8 Å². The van der Waals surface area contributed by atoms with Gasteiger partial charge >= 0.3 is 0 Å². The van der Waals surface area contributed by atoms with Crippen LogP contribution in [-0.4, -0.2) is 26.0 Å². The van der Waals surface area contributed by atoms with Crippen molar-refractivity contribution in [3.63, 3.8) is 0 Å². The molecule has 0 saturated carbocycles. The van der Waals surface area contributed by atoms with Gasteiger partial charge < -0.3 is 14.8 Å². The van der Waals surface area contributed by atoms with E-state index in [9.17, 15) is 0 Å². The summed E-state index contributed by atoms with van der Waals surface area (Å²) < 4.78 is 11.4.